The second kappa shape index (κ2) is 8.27. The van der Waals surface area contributed by atoms with Gasteiger partial charge in [-0.1, -0.05) is 44.0 Å². The van der Waals surface area contributed by atoms with Crippen LogP contribution in [-0.4, -0.2) is 27.4 Å². The summed E-state index contributed by atoms with van der Waals surface area (Å²) in [5, 5.41) is 2.47. The minimum atomic E-state index is -4.42. The molecule has 0 fully saturated rings. The van der Waals surface area contributed by atoms with Gasteiger partial charge in [-0.15, -0.1) is 20.7 Å². The van der Waals surface area contributed by atoms with Crippen LogP contribution in [0.25, 0.3) is 0 Å². The summed E-state index contributed by atoms with van der Waals surface area (Å²) in [5.74, 6) is 0. The lowest BCUT2D eigenvalue weighted by Gasteiger charge is -2.28. The molecule has 2 atom stereocenters. The van der Waals surface area contributed by atoms with E-state index in [0.717, 1.165) is 6.08 Å². The monoisotopic (exact) mass is 452 g/mol. The van der Waals surface area contributed by atoms with E-state index >= 15 is 0 Å². The second-order valence-corrected chi connectivity index (χ2v) is 9.01. The summed E-state index contributed by atoms with van der Waals surface area (Å²) in [6, 6.07) is -0.686. The second-order valence-electron chi connectivity index (χ2n) is 6.26. The van der Waals surface area contributed by atoms with Gasteiger partial charge in [0.2, 0.25) is 0 Å². The van der Waals surface area contributed by atoms with E-state index in [2.05, 4.69) is 55.0 Å². The molecule has 0 bridgehead atoms. The number of hydrogen-bond acceptors (Lipinski definition) is 2. The average Bonchev–Trinajstić information content (AvgIpc) is 2.52. The Balaban J connectivity index is 2.84. The van der Waals surface area contributed by atoms with Crippen LogP contribution in [0.3, 0.4) is 0 Å². The Hall–Kier alpha value is -1.18. The lowest BCUT2D eigenvalue weighted by atomic mass is 9.89. The summed E-state index contributed by atoms with van der Waals surface area (Å²) in [5.41, 5.74) is 0.285. The van der Waals surface area contributed by atoms with Gasteiger partial charge in [-0.3, -0.25) is 4.99 Å². The molecule has 1 N–H and O–H groups in total. The van der Waals surface area contributed by atoms with Crippen molar-refractivity contribution in [3.8, 4) is 0 Å². The number of rotatable bonds is 7. The fraction of sp³-hybridized carbons (Fsp3) is 0.444. The molecule has 2 nitrogen and oxygen atoms in total. The smallest absolute Gasteiger partial charge is 0.369 e. The minimum absolute atomic E-state index is 0.0156. The van der Waals surface area contributed by atoms with Crippen molar-refractivity contribution in [3.05, 3.63) is 47.9 Å². The van der Waals surface area contributed by atoms with Gasteiger partial charge >= 0.3 is 6.18 Å². The van der Waals surface area contributed by atoms with Crippen LogP contribution < -0.4 is 5.32 Å². The third-order valence-electron chi connectivity index (χ3n) is 4.10. The number of alkyl halides is 4. The fourth-order valence-corrected chi connectivity index (χ4v) is 3.48. The molecule has 1 unspecified atom stereocenters. The van der Waals surface area contributed by atoms with Gasteiger partial charge < -0.3 is 5.32 Å². The predicted octanol–water partition coefficient (Wildman–Crippen LogP) is 5.31. The number of hydrogen-bond donors (Lipinski definition) is 1. The summed E-state index contributed by atoms with van der Waals surface area (Å²) in [6.07, 6.45) is 2.43. The normalized spacial score (nSPS) is 20.2. The maximum atomic E-state index is 12.9. The molecule has 0 amide bonds. The zero-order chi connectivity index (χ0) is 18.5. The lowest BCUT2D eigenvalue weighted by molar-refractivity contribution is -0.0973. The zero-order valence-electron chi connectivity index (χ0n) is 14.3. The van der Waals surface area contributed by atoms with E-state index in [0.29, 0.717) is 21.6 Å². The Morgan fingerprint density at radius 2 is 2.04 bits per heavy atom. The molecule has 134 valence electrons. The van der Waals surface area contributed by atoms with E-state index in [9.17, 15) is 13.2 Å². The van der Waals surface area contributed by atoms with Crippen molar-refractivity contribution in [2.45, 2.75) is 43.3 Å². The first-order chi connectivity index (χ1) is 11.0. The van der Waals surface area contributed by atoms with Gasteiger partial charge in [-0.2, -0.15) is 13.2 Å². The first kappa shape index (κ1) is 20.9. The number of aliphatic imine (C=N–C) groups is 1. The number of halogens is 4. The van der Waals surface area contributed by atoms with Gasteiger partial charge in [-0.25, -0.2) is 0 Å². The van der Waals surface area contributed by atoms with Crippen LogP contribution in [0.1, 0.15) is 27.2 Å². The number of nitrogens with one attached hydrogen (secondary N) is 1. The molecule has 0 aromatic heterocycles. The van der Waals surface area contributed by atoms with Crippen LogP contribution in [0, 0.1) is 5.41 Å². The predicted molar refractivity (Wildman–Crippen MR) is 106 cm³/mol. The van der Waals surface area contributed by atoms with Crippen molar-refractivity contribution in [1.82, 2.24) is 5.32 Å². The molecule has 1 rings (SSSR count). The van der Waals surface area contributed by atoms with Crippen molar-refractivity contribution in [1.29, 1.82) is 0 Å². The summed E-state index contributed by atoms with van der Waals surface area (Å²) in [7, 11) is 0. The van der Waals surface area contributed by atoms with Gasteiger partial charge in [0.15, 0.2) is 0 Å². The van der Waals surface area contributed by atoms with Crippen molar-refractivity contribution in [2.75, 3.05) is 0 Å². The van der Waals surface area contributed by atoms with E-state index in [1.807, 2.05) is 6.08 Å². The van der Waals surface area contributed by atoms with E-state index < -0.39 is 17.9 Å². The SMILES string of the molecule is C=NC1=CC=C(C(F)(F)F)NC1C(=C)C/C=C\C(C)(C)[C@@H](C)I=C. The van der Waals surface area contributed by atoms with Crippen LogP contribution >= 0.6 is 20.7 Å². The van der Waals surface area contributed by atoms with E-state index in [4.69, 9.17) is 0 Å². The van der Waals surface area contributed by atoms with Crippen molar-refractivity contribution < 1.29 is 13.2 Å². The molecule has 1 aliphatic rings. The number of allylic oxidation sites excluding steroid dienone is 5. The van der Waals surface area contributed by atoms with Crippen LogP contribution in [0.4, 0.5) is 13.2 Å². The van der Waals surface area contributed by atoms with Gasteiger partial charge in [0.25, 0.3) is 0 Å². The van der Waals surface area contributed by atoms with E-state index in [-0.39, 0.29) is 26.1 Å². The van der Waals surface area contributed by atoms with E-state index in [1.54, 1.807) is 0 Å². The van der Waals surface area contributed by atoms with Crippen LogP contribution in [0.2, 0.25) is 0 Å². The Kier molecular flexibility index (Phi) is 7.19. The summed E-state index contributed by atoms with van der Waals surface area (Å²) >= 11 is -0.122. The van der Waals surface area contributed by atoms with Crippen LogP contribution in [0.15, 0.2) is 52.8 Å². The number of nitrogens with zero attached hydrogens (tertiary/aromatic N) is 1. The molecule has 0 radical (unpaired) electrons. The molecular weight excluding hydrogens is 428 g/mol. The third-order valence-corrected chi connectivity index (χ3v) is 7.02. The summed E-state index contributed by atoms with van der Waals surface area (Å²) in [6.45, 7) is 13.8. The van der Waals surface area contributed by atoms with E-state index in [1.165, 1.54) is 6.08 Å². The molecule has 0 saturated carbocycles. The topological polar surface area (TPSA) is 24.4 Å². The standard InChI is InChI=1S/C18H24F3IN2/c1-12(8-7-11-17(3,4)13(2)22-5)16-14(23-6)9-10-15(24-16)18(19,20)21/h7,9-11,13,16,24H,1,5-6,8H2,2-4H3/b11-7-/t13-,16?/m1/s1. The zero-order valence-corrected chi connectivity index (χ0v) is 16.4. The van der Waals surface area contributed by atoms with Crippen molar-refractivity contribution in [3.63, 3.8) is 0 Å². The maximum Gasteiger partial charge on any atom is 0.430 e. The van der Waals surface area contributed by atoms with Gasteiger partial charge in [-0.05, 0) is 36.3 Å². The molecular formula is C18H24F3IN2. The molecule has 0 spiro atoms. The molecule has 0 aliphatic carbocycles. The van der Waals surface area contributed by atoms with Gasteiger partial charge in [0.05, 0.1) is 11.7 Å². The first-order valence-corrected chi connectivity index (χ1v) is 10.2. The average molecular weight is 452 g/mol. The highest BCUT2D eigenvalue weighted by Crippen LogP contribution is 2.32. The Labute approximate surface area is 152 Å². The largest absolute Gasteiger partial charge is 0.430 e. The van der Waals surface area contributed by atoms with Gasteiger partial charge in [0.1, 0.15) is 5.70 Å². The molecule has 6 heteroatoms. The molecule has 1 aliphatic heterocycles. The Bertz CT molecular complexity index is 598. The highest BCUT2D eigenvalue weighted by Gasteiger charge is 2.37. The molecule has 0 aromatic carbocycles. The van der Waals surface area contributed by atoms with Crippen LogP contribution in [0.5, 0.6) is 0 Å². The minimum Gasteiger partial charge on any atom is -0.369 e. The van der Waals surface area contributed by atoms with Gasteiger partial charge in [0, 0.05) is 3.92 Å². The molecule has 1 heterocycles. The quantitative estimate of drug-likeness (QED) is 0.241. The Morgan fingerprint density at radius 3 is 2.54 bits per heavy atom. The van der Waals surface area contributed by atoms with Crippen LogP contribution in [-0.2, 0) is 0 Å². The molecule has 24 heavy (non-hydrogen) atoms. The highest BCUT2D eigenvalue weighted by atomic mass is 127. The summed E-state index contributed by atoms with van der Waals surface area (Å²) < 4.78 is 43.2. The van der Waals surface area contributed by atoms with Crippen molar-refractivity contribution in [2.24, 2.45) is 10.4 Å². The molecule has 0 aromatic rings. The third kappa shape index (κ3) is 5.43. The van der Waals surface area contributed by atoms with Crippen molar-refractivity contribution >= 4 is 32.0 Å². The number of dihydropyridines is 1. The Morgan fingerprint density at radius 1 is 1.42 bits per heavy atom. The first-order valence-electron chi connectivity index (χ1n) is 7.47. The lowest BCUT2D eigenvalue weighted by Crippen LogP contribution is -2.38. The maximum absolute atomic E-state index is 12.9. The molecule has 0 saturated heterocycles. The highest BCUT2D eigenvalue weighted by molar-refractivity contribution is 14.2. The fourth-order valence-electron chi connectivity index (χ4n) is 2.14. The summed E-state index contributed by atoms with van der Waals surface area (Å²) in [4.78, 5) is 3.81.